The molecule has 0 fully saturated rings. The molecular weight excluding hydrogens is 370 g/mol. The minimum atomic E-state index is -0.641. The first-order valence-corrected chi connectivity index (χ1v) is 8.79. The number of rotatable bonds is 2. The van der Waals surface area contributed by atoms with Crippen LogP contribution in [-0.2, 0) is 13.0 Å². The standard InChI is InChI=1S/C20H21NO5.ClH/c1-23-15-4-3-12-14(20(15)24-2)9-21-6-5-11-7-16-17(26-10-25-16)8-13(11)18(21)19(12)22;/h3-4,7-8,18-19,22H,5-6,9-10H2,1-2H3;1H/t18-,19+;/m1./s1. The van der Waals surface area contributed by atoms with Gasteiger partial charge in [-0.15, -0.1) is 12.4 Å². The Labute approximate surface area is 164 Å². The van der Waals surface area contributed by atoms with Crippen LogP contribution in [0.15, 0.2) is 24.3 Å². The van der Waals surface area contributed by atoms with E-state index in [0.717, 1.165) is 41.2 Å². The summed E-state index contributed by atoms with van der Waals surface area (Å²) in [6, 6.07) is 7.80. The lowest BCUT2D eigenvalue weighted by Gasteiger charge is -2.44. The zero-order valence-electron chi connectivity index (χ0n) is 15.2. The van der Waals surface area contributed by atoms with E-state index in [1.807, 2.05) is 18.2 Å². The summed E-state index contributed by atoms with van der Waals surface area (Å²) in [6.45, 7) is 1.84. The smallest absolute Gasteiger partial charge is 0.231 e. The highest BCUT2D eigenvalue weighted by Crippen LogP contribution is 2.50. The first-order valence-electron chi connectivity index (χ1n) is 8.79. The molecule has 2 aromatic rings. The molecule has 27 heavy (non-hydrogen) atoms. The second-order valence-corrected chi connectivity index (χ2v) is 6.88. The highest BCUT2D eigenvalue weighted by molar-refractivity contribution is 5.85. The van der Waals surface area contributed by atoms with Crippen molar-refractivity contribution in [3.8, 4) is 23.0 Å². The van der Waals surface area contributed by atoms with Crippen molar-refractivity contribution in [2.75, 3.05) is 27.6 Å². The van der Waals surface area contributed by atoms with Gasteiger partial charge in [0.15, 0.2) is 23.0 Å². The van der Waals surface area contributed by atoms with Crippen LogP contribution >= 0.6 is 12.4 Å². The number of aliphatic hydroxyl groups excluding tert-OH is 1. The van der Waals surface area contributed by atoms with E-state index in [9.17, 15) is 5.11 Å². The number of hydrogen-bond donors (Lipinski definition) is 1. The average Bonchev–Trinajstić information content (AvgIpc) is 3.12. The Bertz CT molecular complexity index is 887. The molecule has 0 aromatic heterocycles. The van der Waals surface area contributed by atoms with Gasteiger partial charge in [-0.3, -0.25) is 4.90 Å². The van der Waals surface area contributed by atoms with Crippen molar-refractivity contribution in [3.63, 3.8) is 0 Å². The van der Waals surface area contributed by atoms with Crippen LogP contribution in [-0.4, -0.2) is 37.6 Å². The number of halogens is 1. The van der Waals surface area contributed by atoms with Gasteiger partial charge in [0, 0.05) is 18.7 Å². The van der Waals surface area contributed by atoms with Crippen LogP contribution in [0, 0.1) is 0 Å². The van der Waals surface area contributed by atoms with Crippen molar-refractivity contribution in [2.45, 2.75) is 25.1 Å². The molecule has 0 unspecified atom stereocenters. The zero-order chi connectivity index (χ0) is 17.8. The number of ether oxygens (including phenoxy) is 4. The average molecular weight is 392 g/mol. The molecule has 3 aliphatic rings. The summed E-state index contributed by atoms with van der Waals surface area (Å²) >= 11 is 0. The van der Waals surface area contributed by atoms with E-state index in [4.69, 9.17) is 18.9 Å². The summed E-state index contributed by atoms with van der Waals surface area (Å²) in [6.07, 6.45) is 0.273. The number of hydrogen-bond acceptors (Lipinski definition) is 6. The van der Waals surface area contributed by atoms with Gasteiger partial charge in [-0.1, -0.05) is 6.07 Å². The maximum atomic E-state index is 11.2. The molecule has 2 atom stereocenters. The highest BCUT2D eigenvalue weighted by atomic mass is 35.5. The summed E-state index contributed by atoms with van der Waals surface area (Å²) in [5.74, 6) is 2.96. The summed E-state index contributed by atoms with van der Waals surface area (Å²) in [5.41, 5.74) is 4.24. The van der Waals surface area contributed by atoms with Crippen LogP contribution in [0.5, 0.6) is 23.0 Å². The molecule has 0 amide bonds. The SMILES string of the molecule is COc1ccc2c(c1OC)CN1CCc3cc4c(cc3[C@@H]1[C@H]2O)OCO4.Cl. The molecular formula is C20H22ClNO5. The predicted octanol–water partition coefficient (Wildman–Crippen LogP) is 3.00. The fraction of sp³-hybridized carbons (Fsp3) is 0.400. The molecule has 0 spiro atoms. The van der Waals surface area contributed by atoms with E-state index >= 15 is 0 Å². The maximum Gasteiger partial charge on any atom is 0.231 e. The van der Waals surface area contributed by atoms with Gasteiger partial charge in [-0.2, -0.15) is 0 Å². The summed E-state index contributed by atoms with van der Waals surface area (Å²) in [5, 5.41) is 11.2. The molecule has 0 bridgehead atoms. The Morgan fingerprint density at radius 1 is 1.07 bits per heavy atom. The molecule has 7 heteroatoms. The minimum Gasteiger partial charge on any atom is -0.493 e. The Kier molecular flexibility index (Phi) is 4.58. The lowest BCUT2D eigenvalue weighted by atomic mass is 9.81. The van der Waals surface area contributed by atoms with Crippen molar-refractivity contribution in [1.82, 2.24) is 4.90 Å². The Morgan fingerprint density at radius 3 is 2.59 bits per heavy atom. The molecule has 3 aliphatic heterocycles. The molecule has 0 radical (unpaired) electrons. The monoisotopic (exact) mass is 391 g/mol. The summed E-state index contributed by atoms with van der Waals surface area (Å²) in [4.78, 5) is 2.31. The minimum absolute atomic E-state index is 0. The normalized spacial score (nSPS) is 22.2. The predicted molar refractivity (Wildman–Crippen MR) is 101 cm³/mol. The van der Waals surface area contributed by atoms with Gasteiger partial charge < -0.3 is 24.1 Å². The molecule has 0 saturated heterocycles. The fourth-order valence-electron chi connectivity index (χ4n) is 4.46. The van der Waals surface area contributed by atoms with Gasteiger partial charge >= 0.3 is 0 Å². The molecule has 6 nitrogen and oxygen atoms in total. The molecule has 0 saturated carbocycles. The topological polar surface area (TPSA) is 60.4 Å². The number of nitrogens with zero attached hydrogens (tertiary/aromatic N) is 1. The Hall–Kier alpha value is -2.15. The van der Waals surface area contributed by atoms with Crippen molar-refractivity contribution in [2.24, 2.45) is 0 Å². The van der Waals surface area contributed by atoms with Crippen LogP contribution in [0.1, 0.15) is 34.4 Å². The van der Waals surface area contributed by atoms with Gasteiger partial charge in [0.1, 0.15) is 0 Å². The number of aliphatic hydroxyl groups is 1. The van der Waals surface area contributed by atoms with Gasteiger partial charge in [-0.05, 0) is 41.3 Å². The van der Waals surface area contributed by atoms with Gasteiger partial charge in [-0.25, -0.2) is 0 Å². The first kappa shape index (κ1) is 18.2. The van der Waals surface area contributed by atoms with Gasteiger partial charge in [0.25, 0.3) is 0 Å². The van der Waals surface area contributed by atoms with Gasteiger partial charge in [0.05, 0.1) is 26.4 Å². The van der Waals surface area contributed by atoms with E-state index in [1.54, 1.807) is 14.2 Å². The number of fused-ring (bicyclic) bond motifs is 5. The Balaban J connectivity index is 0.00000180. The molecule has 3 heterocycles. The van der Waals surface area contributed by atoms with Crippen molar-refractivity contribution in [1.29, 1.82) is 0 Å². The van der Waals surface area contributed by atoms with E-state index < -0.39 is 6.10 Å². The molecule has 2 aromatic carbocycles. The number of benzene rings is 2. The quantitative estimate of drug-likeness (QED) is 0.849. The van der Waals surface area contributed by atoms with Gasteiger partial charge in [0.2, 0.25) is 6.79 Å². The summed E-state index contributed by atoms with van der Waals surface area (Å²) in [7, 11) is 3.27. The van der Waals surface area contributed by atoms with Crippen LogP contribution in [0.4, 0.5) is 0 Å². The van der Waals surface area contributed by atoms with Crippen molar-refractivity contribution >= 4 is 12.4 Å². The largest absolute Gasteiger partial charge is 0.493 e. The van der Waals surface area contributed by atoms with Crippen molar-refractivity contribution in [3.05, 3.63) is 46.5 Å². The molecule has 144 valence electrons. The Morgan fingerprint density at radius 2 is 1.85 bits per heavy atom. The van der Waals surface area contributed by atoms with E-state index in [1.165, 1.54) is 5.56 Å². The second-order valence-electron chi connectivity index (χ2n) is 6.88. The van der Waals surface area contributed by atoms with Crippen LogP contribution in [0.2, 0.25) is 0 Å². The molecule has 1 N–H and O–H groups in total. The highest BCUT2D eigenvalue weighted by Gasteiger charge is 2.41. The third kappa shape index (κ3) is 2.63. The maximum absolute atomic E-state index is 11.2. The van der Waals surface area contributed by atoms with E-state index in [0.29, 0.717) is 18.0 Å². The van der Waals surface area contributed by atoms with Crippen LogP contribution in [0.3, 0.4) is 0 Å². The van der Waals surface area contributed by atoms with E-state index in [-0.39, 0.29) is 25.2 Å². The van der Waals surface area contributed by atoms with E-state index in [2.05, 4.69) is 11.0 Å². The zero-order valence-corrected chi connectivity index (χ0v) is 16.0. The fourth-order valence-corrected chi connectivity index (χ4v) is 4.46. The second kappa shape index (κ2) is 6.78. The van der Waals surface area contributed by atoms with Crippen LogP contribution < -0.4 is 18.9 Å². The third-order valence-corrected chi connectivity index (χ3v) is 5.68. The van der Waals surface area contributed by atoms with Crippen LogP contribution in [0.25, 0.3) is 0 Å². The van der Waals surface area contributed by atoms with Crippen molar-refractivity contribution < 1.29 is 24.1 Å². The first-order chi connectivity index (χ1) is 12.7. The lowest BCUT2D eigenvalue weighted by Crippen LogP contribution is -2.41. The third-order valence-electron chi connectivity index (χ3n) is 5.68. The summed E-state index contributed by atoms with van der Waals surface area (Å²) < 4.78 is 22.1. The molecule has 5 rings (SSSR count). The lowest BCUT2D eigenvalue weighted by molar-refractivity contribution is 0.0195. The number of methoxy groups -OCH3 is 2. The molecule has 0 aliphatic carbocycles.